The highest BCUT2D eigenvalue weighted by Gasteiger charge is 2.35. The largest absolute Gasteiger partial charge is 0.356 e. The molecule has 1 amide bonds. The normalized spacial score (nSPS) is 16.9. The second-order valence-electron chi connectivity index (χ2n) is 7.95. The summed E-state index contributed by atoms with van der Waals surface area (Å²) in [7, 11) is 3.38. The van der Waals surface area contributed by atoms with Crippen molar-refractivity contribution in [2.45, 2.75) is 33.1 Å². The van der Waals surface area contributed by atoms with Crippen LogP contribution in [0.25, 0.3) is 5.57 Å². The molecule has 1 aromatic carbocycles. The number of aliphatic imine (C=N–C) groups is 1. The molecule has 0 bridgehead atoms. The van der Waals surface area contributed by atoms with Crippen LogP contribution in [0.5, 0.6) is 0 Å². The Kier molecular flexibility index (Phi) is 7.41. The summed E-state index contributed by atoms with van der Waals surface area (Å²) >= 11 is 0. The number of para-hydroxylation sites is 1. The molecule has 1 aliphatic carbocycles. The summed E-state index contributed by atoms with van der Waals surface area (Å²) in [6, 6.07) is 9.52. The number of nitrogens with zero attached hydrogens (tertiary/aromatic N) is 2. The molecular weight excluding hydrogens is 407 g/mol. The van der Waals surface area contributed by atoms with Crippen molar-refractivity contribution in [3.8, 4) is 0 Å². The van der Waals surface area contributed by atoms with E-state index in [4.69, 9.17) is 0 Å². The van der Waals surface area contributed by atoms with Crippen molar-refractivity contribution in [2.75, 3.05) is 19.4 Å². The van der Waals surface area contributed by atoms with Gasteiger partial charge in [0, 0.05) is 51.0 Å². The van der Waals surface area contributed by atoms with Crippen molar-refractivity contribution >= 4 is 34.9 Å². The van der Waals surface area contributed by atoms with Gasteiger partial charge in [-0.3, -0.25) is 14.6 Å². The number of hydrogen-bond donors (Lipinski definition) is 2. The Bertz CT molecular complexity index is 1080. The van der Waals surface area contributed by atoms with Gasteiger partial charge >= 0.3 is 0 Å². The number of amides is 1. The standard InChI is InChI=1S/C25H29FN4O2/c1-5-16(12-18(26)15-27-6-2)23-24(28-19-10-8-7-9-11-19)22-20(29-23)13-17(14-21(22)31)25(32)30(3)4/h5-11,15,17,28-29H,12-14H2,1-4H3/b16-5+,18-15+,27-6?. The van der Waals surface area contributed by atoms with E-state index in [2.05, 4.69) is 15.3 Å². The van der Waals surface area contributed by atoms with Crippen LogP contribution >= 0.6 is 0 Å². The molecule has 0 spiro atoms. The lowest BCUT2D eigenvalue weighted by molar-refractivity contribution is -0.133. The third-order valence-corrected chi connectivity index (χ3v) is 5.46. The van der Waals surface area contributed by atoms with Crippen molar-refractivity contribution in [2.24, 2.45) is 10.9 Å². The quantitative estimate of drug-likeness (QED) is 0.579. The van der Waals surface area contributed by atoms with Gasteiger partial charge in [0.25, 0.3) is 0 Å². The lowest BCUT2D eigenvalue weighted by atomic mass is 9.85. The summed E-state index contributed by atoms with van der Waals surface area (Å²) in [5, 5.41) is 3.35. The third kappa shape index (κ3) is 5.04. The number of benzene rings is 1. The van der Waals surface area contributed by atoms with Crippen LogP contribution in [-0.4, -0.2) is 41.9 Å². The van der Waals surface area contributed by atoms with Crippen LogP contribution in [0.4, 0.5) is 15.8 Å². The number of carbonyl (C=O) groups is 2. The molecule has 1 heterocycles. The second kappa shape index (κ2) is 10.2. The summed E-state index contributed by atoms with van der Waals surface area (Å²) in [6.07, 6.45) is 5.14. The van der Waals surface area contributed by atoms with Gasteiger partial charge < -0.3 is 15.2 Å². The van der Waals surface area contributed by atoms with Crippen LogP contribution in [-0.2, 0) is 11.2 Å². The molecule has 0 saturated heterocycles. The molecule has 0 aliphatic heterocycles. The Morgan fingerprint density at radius 1 is 1.25 bits per heavy atom. The monoisotopic (exact) mass is 436 g/mol. The number of halogens is 1. The van der Waals surface area contributed by atoms with Crippen LogP contribution in [0.3, 0.4) is 0 Å². The first-order chi connectivity index (χ1) is 15.3. The molecule has 6 nitrogen and oxygen atoms in total. The summed E-state index contributed by atoms with van der Waals surface area (Å²) in [5.74, 6) is -0.975. The molecule has 2 aromatic rings. The molecular formula is C25H29FN4O2. The maximum Gasteiger partial charge on any atom is 0.226 e. The number of aromatic amines is 1. The van der Waals surface area contributed by atoms with Gasteiger partial charge in [0.05, 0.1) is 29.1 Å². The zero-order valence-electron chi connectivity index (χ0n) is 18.9. The number of allylic oxidation sites excluding steroid dienone is 3. The fourth-order valence-electron chi connectivity index (χ4n) is 3.95. The first-order valence-corrected chi connectivity index (χ1v) is 10.6. The predicted molar refractivity (Wildman–Crippen MR) is 127 cm³/mol. The molecule has 2 N–H and O–H groups in total. The molecule has 1 unspecified atom stereocenters. The van der Waals surface area contributed by atoms with Gasteiger partial charge in [0.15, 0.2) is 5.78 Å². The maximum atomic E-state index is 14.4. The zero-order chi connectivity index (χ0) is 23.3. The molecule has 1 atom stereocenters. The average Bonchev–Trinajstić information content (AvgIpc) is 3.14. The first kappa shape index (κ1) is 23.2. The van der Waals surface area contributed by atoms with E-state index in [1.165, 1.54) is 17.3 Å². The van der Waals surface area contributed by atoms with Gasteiger partial charge in [0.2, 0.25) is 5.91 Å². The number of aromatic nitrogens is 1. The Morgan fingerprint density at radius 2 is 1.97 bits per heavy atom. The number of hydrogen-bond acceptors (Lipinski definition) is 4. The third-order valence-electron chi connectivity index (χ3n) is 5.46. The second-order valence-corrected chi connectivity index (χ2v) is 7.95. The lowest BCUT2D eigenvalue weighted by Gasteiger charge is -2.24. The number of ketones is 1. The minimum absolute atomic E-state index is 0.0327. The number of carbonyl (C=O) groups excluding carboxylic acids is 2. The van der Waals surface area contributed by atoms with Crippen LogP contribution in [0, 0.1) is 5.92 Å². The smallest absolute Gasteiger partial charge is 0.226 e. The van der Waals surface area contributed by atoms with Gasteiger partial charge in [0.1, 0.15) is 5.83 Å². The van der Waals surface area contributed by atoms with E-state index in [0.29, 0.717) is 34.6 Å². The van der Waals surface area contributed by atoms with E-state index < -0.39 is 5.92 Å². The van der Waals surface area contributed by atoms with Crippen molar-refractivity contribution in [3.63, 3.8) is 0 Å². The number of H-pyrrole nitrogens is 1. The van der Waals surface area contributed by atoms with E-state index >= 15 is 0 Å². The summed E-state index contributed by atoms with van der Waals surface area (Å²) in [5.41, 5.74) is 4.02. The van der Waals surface area contributed by atoms with Crippen LogP contribution in [0.2, 0.25) is 0 Å². The highest BCUT2D eigenvalue weighted by molar-refractivity contribution is 6.08. The lowest BCUT2D eigenvalue weighted by Crippen LogP contribution is -2.35. The van der Waals surface area contributed by atoms with Crippen LogP contribution < -0.4 is 5.32 Å². The van der Waals surface area contributed by atoms with Gasteiger partial charge in [-0.05, 0) is 31.6 Å². The van der Waals surface area contributed by atoms with E-state index in [1.54, 1.807) is 21.0 Å². The van der Waals surface area contributed by atoms with Crippen molar-refractivity contribution < 1.29 is 14.0 Å². The molecule has 7 heteroatoms. The average molecular weight is 437 g/mol. The Labute approximate surface area is 187 Å². The Balaban J connectivity index is 2.07. The van der Waals surface area contributed by atoms with Gasteiger partial charge in [-0.2, -0.15) is 0 Å². The SMILES string of the molecule is CC=N/C=C(/F)C/C(=C\C)c1[nH]c2c(c1Nc1ccccc1)C(=O)CC(C(=O)N(C)C)C2. The number of anilines is 2. The van der Waals surface area contributed by atoms with E-state index in [9.17, 15) is 14.0 Å². The molecule has 0 fully saturated rings. The van der Waals surface area contributed by atoms with Crippen molar-refractivity contribution in [1.29, 1.82) is 0 Å². The summed E-state index contributed by atoms with van der Waals surface area (Å²) in [4.78, 5) is 34.4. The highest BCUT2D eigenvalue weighted by atomic mass is 19.1. The molecule has 1 aliphatic rings. The summed E-state index contributed by atoms with van der Waals surface area (Å²) in [6.45, 7) is 3.55. The number of Topliss-reactive ketones (excluding diaryl/α,β-unsaturated/α-hetero) is 1. The van der Waals surface area contributed by atoms with Crippen molar-refractivity contribution in [3.05, 3.63) is 65.4 Å². The molecule has 0 radical (unpaired) electrons. The fraction of sp³-hybridized carbons (Fsp3) is 0.320. The number of nitrogens with one attached hydrogen (secondary N) is 2. The molecule has 3 rings (SSSR count). The molecule has 168 valence electrons. The Hall–Kier alpha value is -3.48. The zero-order valence-corrected chi connectivity index (χ0v) is 18.9. The predicted octanol–water partition coefficient (Wildman–Crippen LogP) is 5.29. The van der Waals surface area contributed by atoms with E-state index in [-0.39, 0.29) is 30.4 Å². The topological polar surface area (TPSA) is 77.6 Å². The molecule has 32 heavy (non-hydrogen) atoms. The van der Waals surface area contributed by atoms with Crippen LogP contribution in [0.15, 0.2) is 53.4 Å². The minimum atomic E-state index is -0.411. The Morgan fingerprint density at radius 3 is 2.59 bits per heavy atom. The first-order valence-electron chi connectivity index (χ1n) is 10.6. The maximum absolute atomic E-state index is 14.4. The minimum Gasteiger partial charge on any atom is -0.356 e. The highest BCUT2D eigenvalue weighted by Crippen LogP contribution is 2.40. The summed E-state index contributed by atoms with van der Waals surface area (Å²) < 4.78 is 14.4. The molecule has 0 saturated carbocycles. The van der Waals surface area contributed by atoms with E-state index in [1.807, 2.05) is 43.3 Å². The van der Waals surface area contributed by atoms with Crippen molar-refractivity contribution in [1.82, 2.24) is 9.88 Å². The van der Waals surface area contributed by atoms with E-state index in [0.717, 1.165) is 5.69 Å². The van der Waals surface area contributed by atoms with Gasteiger partial charge in [-0.25, -0.2) is 4.39 Å². The number of rotatable bonds is 7. The van der Waals surface area contributed by atoms with Gasteiger partial charge in [-0.15, -0.1) is 0 Å². The van der Waals surface area contributed by atoms with Gasteiger partial charge in [-0.1, -0.05) is 24.3 Å². The van der Waals surface area contributed by atoms with Crippen LogP contribution in [0.1, 0.15) is 48.4 Å². The molecule has 1 aromatic heterocycles. The number of fused-ring (bicyclic) bond motifs is 1. The fourth-order valence-corrected chi connectivity index (χ4v) is 3.95.